The molecule has 0 saturated carbocycles. The molecule has 0 fully saturated rings. The highest BCUT2D eigenvalue weighted by Crippen LogP contribution is 2.37. The fraction of sp³-hybridized carbons (Fsp3) is 0.133. The molecule has 1 heterocycles. The number of carbonyl (C=O) groups is 1. The van der Waals surface area contributed by atoms with E-state index in [1.54, 1.807) is 13.1 Å². The maximum Gasteiger partial charge on any atom is 0.246 e. The van der Waals surface area contributed by atoms with Crippen LogP contribution in [0.5, 0.6) is 0 Å². The largest absolute Gasteiger partial charge is 0.324 e. The number of halogens is 2. The van der Waals surface area contributed by atoms with Crippen molar-refractivity contribution in [2.75, 3.05) is 12.4 Å². The Hall–Kier alpha value is -1.92. The number of fused-ring (bicyclic) bond motifs is 1. The van der Waals surface area contributed by atoms with Crippen LogP contribution >= 0.6 is 11.8 Å². The summed E-state index contributed by atoms with van der Waals surface area (Å²) in [5, 5.41) is 5.71. The van der Waals surface area contributed by atoms with E-state index in [1.807, 2.05) is 12.1 Å². The van der Waals surface area contributed by atoms with E-state index >= 15 is 0 Å². The number of anilines is 1. The highest BCUT2D eigenvalue weighted by atomic mass is 32.2. The third-order valence-electron chi connectivity index (χ3n) is 3.27. The highest BCUT2D eigenvalue weighted by Gasteiger charge is 2.29. The lowest BCUT2D eigenvalue weighted by Crippen LogP contribution is -2.23. The highest BCUT2D eigenvalue weighted by molar-refractivity contribution is 7.99. The van der Waals surface area contributed by atoms with Crippen molar-refractivity contribution in [1.82, 2.24) is 5.32 Å². The minimum atomic E-state index is -0.602. The van der Waals surface area contributed by atoms with Gasteiger partial charge < -0.3 is 10.6 Å². The zero-order valence-corrected chi connectivity index (χ0v) is 11.9. The quantitative estimate of drug-likeness (QED) is 0.914. The zero-order chi connectivity index (χ0) is 15.0. The lowest BCUT2D eigenvalue weighted by molar-refractivity contribution is -0.117. The second-order valence-corrected chi connectivity index (χ2v) is 5.75. The Morgan fingerprint density at radius 3 is 2.71 bits per heavy atom. The zero-order valence-electron chi connectivity index (χ0n) is 11.1. The molecule has 0 aromatic heterocycles. The molecular formula is C15H12F2N2OS. The molecule has 0 spiro atoms. The first-order valence-electron chi connectivity index (χ1n) is 6.33. The molecule has 6 heteroatoms. The van der Waals surface area contributed by atoms with Crippen molar-refractivity contribution >= 4 is 23.4 Å². The van der Waals surface area contributed by atoms with Gasteiger partial charge >= 0.3 is 0 Å². The second kappa shape index (κ2) is 5.46. The van der Waals surface area contributed by atoms with Crippen molar-refractivity contribution in [2.45, 2.75) is 15.8 Å². The first-order chi connectivity index (χ1) is 10.1. The minimum absolute atomic E-state index is 0.109. The SMILES string of the molecule is CNC1C(=O)Nc2cc(Sc3ccc(F)cc3F)ccc21. The van der Waals surface area contributed by atoms with Crippen molar-refractivity contribution in [3.8, 4) is 0 Å². The summed E-state index contributed by atoms with van der Waals surface area (Å²) in [6, 6.07) is 8.55. The van der Waals surface area contributed by atoms with Gasteiger partial charge in [0.2, 0.25) is 5.91 Å². The molecule has 0 radical (unpaired) electrons. The van der Waals surface area contributed by atoms with Gasteiger partial charge in [0.25, 0.3) is 0 Å². The molecule has 2 aromatic carbocycles. The predicted octanol–water partition coefficient (Wildman–Crippen LogP) is 3.33. The molecule has 21 heavy (non-hydrogen) atoms. The molecule has 1 atom stereocenters. The van der Waals surface area contributed by atoms with Gasteiger partial charge in [-0.3, -0.25) is 4.79 Å². The summed E-state index contributed by atoms with van der Waals surface area (Å²) >= 11 is 1.19. The Morgan fingerprint density at radius 1 is 1.19 bits per heavy atom. The topological polar surface area (TPSA) is 41.1 Å². The Balaban J connectivity index is 1.89. The average Bonchev–Trinajstić information content (AvgIpc) is 2.76. The first-order valence-corrected chi connectivity index (χ1v) is 7.15. The number of rotatable bonds is 3. The van der Waals surface area contributed by atoms with Gasteiger partial charge in [0.15, 0.2) is 0 Å². The van der Waals surface area contributed by atoms with Gasteiger partial charge in [0, 0.05) is 27.1 Å². The maximum absolute atomic E-state index is 13.6. The molecule has 3 nitrogen and oxygen atoms in total. The van der Waals surface area contributed by atoms with Crippen molar-refractivity contribution in [2.24, 2.45) is 0 Å². The second-order valence-electron chi connectivity index (χ2n) is 4.64. The van der Waals surface area contributed by atoms with Crippen LogP contribution in [0.2, 0.25) is 0 Å². The molecule has 108 valence electrons. The van der Waals surface area contributed by atoms with Gasteiger partial charge in [-0.05, 0) is 31.3 Å². The summed E-state index contributed by atoms with van der Waals surface area (Å²) in [6.45, 7) is 0. The molecule has 0 bridgehead atoms. The van der Waals surface area contributed by atoms with Gasteiger partial charge in [-0.25, -0.2) is 8.78 Å². The van der Waals surface area contributed by atoms with E-state index in [0.717, 1.165) is 16.5 Å². The molecule has 1 unspecified atom stereocenters. The fourth-order valence-corrected chi connectivity index (χ4v) is 3.14. The third-order valence-corrected chi connectivity index (χ3v) is 4.31. The van der Waals surface area contributed by atoms with Crippen molar-refractivity contribution in [1.29, 1.82) is 0 Å². The summed E-state index contributed by atoms with van der Waals surface area (Å²) in [6.07, 6.45) is 0. The number of hydrogen-bond donors (Lipinski definition) is 2. The van der Waals surface area contributed by atoms with Crippen LogP contribution in [0.1, 0.15) is 11.6 Å². The summed E-state index contributed by atoms with van der Waals surface area (Å²) < 4.78 is 26.5. The Labute approximate surface area is 124 Å². The van der Waals surface area contributed by atoms with Crippen molar-refractivity contribution < 1.29 is 13.6 Å². The number of nitrogens with one attached hydrogen (secondary N) is 2. The monoisotopic (exact) mass is 306 g/mol. The summed E-state index contributed by atoms with van der Waals surface area (Å²) in [7, 11) is 1.72. The molecule has 1 amide bonds. The Kier molecular flexibility index (Phi) is 3.65. The Morgan fingerprint density at radius 2 is 2.00 bits per heavy atom. The number of hydrogen-bond acceptors (Lipinski definition) is 3. The van der Waals surface area contributed by atoms with Crippen LogP contribution in [-0.4, -0.2) is 13.0 Å². The summed E-state index contributed by atoms with van der Waals surface area (Å²) in [5.41, 5.74) is 1.58. The summed E-state index contributed by atoms with van der Waals surface area (Å²) in [4.78, 5) is 12.9. The van der Waals surface area contributed by atoms with Crippen LogP contribution in [0.15, 0.2) is 46.2 Å². The van der Waals surface area contributed by atoms with Crippen LogP contribution in [0, 0.1) is 11.6 Å². The molecule has 2 aromatic rings. The fourth-order valence-electron chi connectivity index (χ4n) is 2.28. The predicted molar refractivity (Wildman–Crippen MR) is 77.4 cm³/mol. The van der Waals surface area contributed by atoms with Gasteiger partial charge in [-0.1, -0.05) is 17.8 Å². The van der Waals surface area contributed by atoms with E-state index in [9.17, 15) is 13.6 Å². The Bertz CT molecular complexity index is 721. The van der Waals surface area contributed by atoms with E-state index in [4.69, 9.17) is 0 Å². The van der Waals surface area contributed by atoms with Crippen LogP contribution in [0.4, 0.5) is 14.5 Å². The normalized spacial score (nSPS) is 16.7. The lowest BCUT2D eigenvalue weighted by atomic mass is 10.1. The van der Waals surface area contributed by atoms with Crippen LogP contribution in [-0.2, 0) is 4.79 Å². The van der Waals surface area contributed by atoms with Crippen LogP contribution in [0.25, 0.3) is 0 Å². The number of benzene rings is 2. The molecular weight excluding hydrogens is 294 g/mol. The van der Waals surface area contributed by atoms with Crippen molar-refractivity contribution in [3.05, 3.63) is 53.6 Å². The third kappa shape index (κ3) is 2.64. The van der Waals surface area contributed by atoms with Gasteiger partial charge in [0.1, 0.15) is 17.7 Å². The molecule has 2 N–H and O–H groups in total. The van der Waals surface area contributed by atoms with E-state index < -0.39 is 11.6 Å². The minimum Gasteiger partial charge on any atom is -0.324 e. The van der Waals surface area contributed by atoms with E-state index in [-0.39, 0.29) is 11.9 Å². The average molecular weight is 306 g/mol. The van der Waals surface area contributed by atoms with E-state index in [1.165, 1.54) is 23.9 Å². The standard InChI is InChI=1S/C15H12F2N2OS/c1-18-14-10-4-3-9(7-12(10)19-15(14)20)21-13-5-2-8(16)6-11(13)17/h2-7,14,18H,1H3,(H,19,20). The smallest absolute Gasteiger partial charge is 0.246 e. The van der Waals surface area contributed by atoms with Crippen LogP contribution in [0.3, 0.4) is 0 Å². The molecule has 1 aliphatic rings. The number of likely N-dealkylation sites (N-methyl/N-ethyl adjacent to an activating group) is 1. The van der Waals surface area contributed by atoms with Crippen LogP contribution < -0.4 is 10.6 Å². The first kappa shape index (κ1) is 14.0. The van der Waals surface area contributed by atoms with Crippen molar-refractivity contribution in [3.63, 3.8) is 0 Å². The number of carbonyl (C=O) groups excluding carboxylic acids is 1. The van der Waals surface area contributed by atoms with E-state index in [0.29, 0.717) is 10.6 Å². The van der Waals surface area contributed by atoms with Gasteiger partial charge in [-0.2, -0.15) is 0 Å². The maximum atomic E-state index is 13.6. The van der Waals surface area contributed by atoms with Gasteiger partial charge in [0.05, 0.1) is 0 Å². The number of amides is 1. The molecule has 1 aliphatic heterocycles. The molecule has 0 aliphatic carbocycles. The van der Waals surface area contributed by atoms with Gasteiger partial charge in [-0.15, -0.1) is 0 Å². The molecule has 3 rings (SSSR count). The summed E-state index contributed by atoms with van der Waals surface area (Å²) in [5.74, 6) is -1.31. The lowest BCUT2D eigenvalue weighted by Gasteiger charge is -2.08. The van der Waals surface area contributed by atoms with E-state index in [2.05, 4.69) is 10.6 Å². The molecule has 0 saturated heterocycles.